The Morgan fingerprint density at radius 1 is 1.50 bits per heavy atom. The zero-order valence-electron chi connectivity index (χ0n) is 7.09. The number of alkyl halides is 1. The first kappa shape index (κ1) is 9.62. The lowest BCUT2D eigenvalue weighted by Crippen LogP contribution is -1.84. The highest BCUT2D eigenvalue weighted by Gasteiger charge is 2.09. The summed E-state index contributed by atoms with van der Waals surface area (Å²) in [5.41, 5.74) is 1.37. The van der Waals surface area contributed by atoms with E-state index >= 15 is 0 Å². The van der Waals surface area contributed by atoms with Gasteiger partial charge in [-0.15, -0.1) is 22.9 Å². The first-order valence-corrected chi connectivity index (χ1v) is 5.33. The number of carbonyl (C=O) groups is 1. The maximum absolute atomic E-state index is 13.0. The molecule has 0 fully saturated rings. The van der Waals surface area contributed by atoms with Crippen LogP contribution in [0, 0.1) is 5.13 Å². The van der Waals surface area contributed by atoms with Crippen molar-refractivity contribution in [3.63, 3.8) is 0 Å². The van der Waals surface area contributed by atoms with Gasteiger partial charge in [-0.25, -0.2) is 0 Å². The number of hydrogen-bond donors (Lipinski definition) is 0. The van der Waals surface area contributed by atoms with Crippen LogP contribution in [0.1, 0.15) is 15.9 Å². The van der Waals surface area contributed by atoms with Crippen molar-refractivity contribution in [1.29, 1.82) is 0 Å². The molecule has 0 radical (unpaired) electrons. The number of carbonyl (C=O) groups excluding carboxylic acids is 1. The van der Waals surface area contributed by atoms with Gasteiger partial charge in [-0.1, -0.05) is 12.1 Å². The van der Waals surface area contributed by atoms with Gasteiger partial charge >= 0.3 is 0 Å². The molecule has 1 heterocycles. The van der Waals surface area contributed by atoms with Crippen LogP contribution >= 0.6 is 22.9 Å². The van der Waals surface area contributed by atoms with Crippen LogP contribution < -0.4 is 0 Å². The molecule has 0 aliphatic heterocycles. The lowest BCUT2D eigenvalue weighted by molar-refractivity contribution is 0.112. The lowest BCUT2D eigenvalue weighted by atomic mass is 10.1. The third-order valence-corrected chi connectivity index (χ3v) is 3.33. The van der Waals surface area contributed by atoms with Crippen LogP contribution in [-0.4, -0.2) is 6.29 Å². The van der Waals surface area contributed by atoms with Crippen LogP contribution in [0.5, 0.6) is 0 Å². The summed E-state index contributed by atoms with van der Waals surface area (Å²) < 4.78 is 13.8. The van der Waals surface area contributed by atoms with Gasteiger partial charge in [-0.3, -0.25) is 4.79 Å². The lowest BCUT2D eigenvalue weighted by Gasteiger charge is -1.99. The molecule has 1 nitrogen and oxygen atoms in total. The summed E-state index contributed by atoms with van der Waals surface area (Å²) in [6.45, 7) is 0. The fourth-order valence-corrected chi connectivity index (χ4v) is 2.61. The number of fused-ring (bicyclic) bond motifs is 1. The number of thiophene rings is 1. The summed E-state index contributed by atoms with van der Waals surface area (Å²) >= 11 is 6.73. The highest BCUT2D eigenvalue weighted by Crippen LogP contribution is 2.30. The van der Waals surface area contributed by atoms with Gasteiger partial charge in [0, 0.05) is 21.5 Å². The molecule has 1 aromatic heterocycles. The van der Waals surface area contributed by atoms with E-state index in [9.17, 15) is 9.18 Å². The Morgan fingerprint density at radius 3 is 2.93 bits per heavy atom. The molecule has 14 heavy (non-hydrogen) atoms. The van der Waals surface area contributed by atoms with Crippen LogP contribution in [0.4, 0.5) is 4.39 Å². The van der Waals surface area contributed by atoms with Gasteiger partial charge in [0.05, 0.1) is 0 Å². The summed E-state index contributed by atoms with van der Waals surface area (Å²) in [4.78, 5) is 10.7. The Kier molecular flexibility index (Phi) is 2.52. The van der Waals surface area contributed by atoms with Crippen molar-refractivity contribution in [3.8, 4) is 0 Å². The van der Waals surface area contributed by atoms with E-state index in [1.54, 1.807) is 12.1 Å². The van der Waals surface area contributed by atoms with E-state index in [4.69, 9.17) is 11.6 Å². The largest absolute Gasteiger partial charge is 0.298 e. The Hall–Kier alpha value is -0.930. The summed E-state index contributed by atoms with van der Waals surface area (Å²) in [5, 5.41) is 0.362. The number of halogens is 2. The Labute approximate surface area is 89.1 Å². The van der Waals surface area contributed by atoms with Gasteiger partial charge in [-0.2, -0.15) is 4.39 Å². The molecule has 0 aliphatic carbocycles. The molecule has 0 spiro atoms. The topological polar surface area (TPSA) is 17.1 Å². The SMILES string of the molecule is O=Cc1ccc(CCl)c2sc(F)cc12. The van der Waals surface area contributed by atoms with Crippen molar-refractivity contribution < 1.29 is 9.18 Å². The van der Waals surface area contributed by atoms with Gasteiger partial charge in [-0.05, 0) is 11.6 Å². The highest BCUT2D eigenvalue weighted by atomic mass is 35.5. The quantitative estimate of drug-likeness (QED) is 0.567. The zero-order valence-corrected chi connectivity index (χ0v) is 8.66. The normalized spacial score (nSPS) is 10.7. The van der Waals surface area contributed by atoms with Crippen molar-refractivity contribution in [1.82, 2.24) is 0 Å². The second-order valence-electron chi connectivity index (χ2n) is 2.86. The molecule has 4 heteroatoms. The molecule has 1 aromatic carbocycles. The fraction of sp³-hybridized carbons (Fsp3) is 0.100. The first-order valence-electron chi connectivity index (χ1n) is 3.98. The number of benzene rings is 1. The Balaban J connectivity index is 2.83. The fourth-order valence-electron chi connectivity index (χ4n) is 1.38. The van der Waals surface area contributed by atoms with Gasteiger partial charge in [0.15, 0.2) is 11.4 Å². The first-order chi connectivity index (χ1) is 6.76. The number of hydrogen-bond acceptors (Lipinski definition) is 2. The maximum Gasteiger partial charge on any atom is 0.177 e. The summed E-state index contributed by atoms with van der Waals surface area (Å²) in [5.74, 6) is 0.329. The van der Waals surface area contributed by atoms with Gasteiger partial charge in [0.1, 0.15) is 0 Å². The van der Waals surface area contributed by atoms with Crippen LogP contribution in [-0.2, 0) is 5.88 Å². The predicted octanol–water partition coefficient (Wildman–Crippen LogP) is 3.59. The molecule has 0 saturated carbocycles. The third-order valence-electron chi connectivity index (χ3n) is 2.04. The average molecular weight is 229 g/mol. The Bertz CT molecular complexity index is 492. The minimum absolute atomic E-state index is 0.291. The molecule has 0 amide bonds. The molecule has 0 unspecified atom stereocenters. The second kappa shape index (κ2) is 3.67. The van der Waals surface area contributed by atoms with E-state index in [0.29, 0.717) is 16.8 Å². The van der Waals surface area contributed by atoms with E-state index in [2.05, 4.69) is 0 Å². The molecule has 0 bridgehead atoms. The Morgan fingerprint density at radius 2 is 2.29 bits per heavy atom. The molecule has 0 N–H and O–H groups in total. The maximum atomic E-state index is 13.0. The third kappa shape index (κ3) is 1.42. The highest BCUT2D eigenvalue weighted by molar-refractivity contribution is 7.17. The molecular weight excluding hydrogens is 223 g/mol. The van der Waals surface area contributed by atoms with Crippen LogP contribution in [0.15, 0.2) is 18.2 Å². The van der Waals surface area contributed by atoms with Crippen molar-refractivity contribution in [2.24, 2.45) is 0 Å². The summed E-state index contributed by atoms with van der Waals surface area (Å²) in [6.07, 6.45) is 0.729. The van der Waals surface area contributed by atoms with Crippen molar-refractivity contribution in [3.05, 3.63) is 34.5 Å². The van der Waals surface area contributed by atoms with Crippen molar-refractivity contribution in [2.75, 3.05) is 0 Å². The van der Waals surface area contributed by atoms with Crippen molar-refractivity contribution >= 4 is 39.3 Å². The van der Waals surface area contributed by atoms with E-state index in [0.717, 1.165) is 27.9 Å². The summed E-state index contributed by atoms with van der Waals surface area (Å²) in [6, 6.07) is 4.80. The van der Waals surface area contributed by atoms with Gasteiger partial charge in [0.25, 0.3) is 0 Å². The molecule has 2 aromatic rings. The van der Waals surface area contributed by atoms with Crippen molar-refractivity contribution in [2.45, 2.75) is 5.88 Å². The standard InChI is InChI=1S/C10H6ClFOS/c11-4-6-1-2-7(5-13)8-3-9(12)14-10(6)8/h1-3,5H,4H2. The molecular formula is C10H6ClFOS. The molecule has 72 valence electrons. The van der Waals surface area contributed by atoms with E-state index in [1.165, 1.54) is 6.07 Å². The van der Waals surface area contributed by atoms with Crippen LogP contribution in [0.25, 0.3) is 10.1 Å². The number of aldehydes is 1. The van der Waals surface area contributed by atoms with E-state index in [-0.39, 0.29) is 5.13 Å². The molecule has 0 atom stereocenters. The minimum Gasteiger partial charge on any atom is -0.298 e. The smallest absolute Gasteiger partial charge is 0.177 e. The zero-order chi connectivity index (χ0) is 10.1. The molecule has 2 rings (SSSR count). The second-order valence-corrected chi connectivity index (χ2v) is 4.13. The van der Waals surface area contributed by atoms with Crippen LogP contribution in [0.2, 0.25) is 0 Å². The summed E-state index contributed by atoms with van der Waals surface area (Å²) in [7, 11) is 0. The number of rotatable bonds is 2. The average Bonchev–Trinajstić information content (AvgIpc) is 2.57. The van der Waals surface area contributed by atoms with E-state index < -0.39 is 0 Å². The monoisotopic (exact) mass is 228 g/mol. The van der Waals surface area contributed by atoms with E-state index in [1.807, 2.05) is 0 Å². The molecule has 0 aliphatic rings. The van der Waals surface area contributed by atoms with Gasteiger partial charge in [0.2, 0.25) is 0 Å². The van der Waals surface area contributed by atoms with Gasteiger partial charge < -0.3 is 0 Å². The predicted molar refractivity (Wildman–Crippen MR) is 56.7 cm³/mol. The molecule has 0 saturated heterocycles. The van der Waals surface area contributed by atoms with Crippen LogP contribution in [0.3, 0.4) is 0 Å². The minimum atomic E-state index is -0.291.